The van der Waals surface area contributed by atoms with E-state index < -0.39 is 5.82 Å². The number of carbonyl (C=O) groups is 2. The lowest BCUT2D eigenvalue weighted by atomic mass is 9.98. The number of nitrogens with one attached hydrogen (secondary N) is 1. The molecule has 0 spiro atoms. The van der Waals surface area contributed by atoms with Crippen LogP contribution in [0.25, 0.3) is 0 Å². The Bertz CT molecular complexity index is 842. The van der Waals surface area contributed by atoms with Gasteiger partial charge < -0.3 is 10.2 Å². The van der Waals surface area contributed by atoms with Crippen molar-refractivity contribution in [3.8, 4) is 0 Å². The van der Waals surface area contributed by atoms with Crippen LogP contribution < -0.4 is 5.32 Å². The number of piperidine rings is 1. The Morgan fingerprint density at radius 2 is 2.26 bits per heavy atom. The van der Waals surface area contributed by atoms with Gasteiger partial charge in [0.05, 0.1) is 16.3 Å². The molecule has 1 N–H and O–H groups in total. The summed E-state index contributed by atoms with van der Waals surface area (Å²) in [5.74, 6) is -0.798. The molecule has 1 saturated heterocycles. The summed E-state index contributed by atoms with van der Waals surface area (Å²) in [5.41, 5.74) is 0.950. The van der Waals surface area contributed by atoms with E-state index in [1.807, 2.05) is 5.38 Å². The second-order valence-corrected chi connectivity index (χ2v) is 7.95. The van der Waals surface area contributed by atoms with E-state index in [1.54, 1.807) is 16.2 Å². The molecule has 2 heterocycles. The van der Waals surface area contributed by atoms with Crippen LogP contribution in [0.3, 0.4) is 0 Å². The third-order valence-corrected chi connectivity index (χ3v) is 5.83. The highest BCUT2D eigenvalue weighted by Gasteiger charge is 2.28. The highest BCUT2D eigenvalue weighted by Crippen LogP contribution is 2.30. The molecule has 8 heteroatoms. The molecule has 1 aliphatic rings. The number of carbonyl (C=O) groups excluding carboxylic acids is 2. The molecule has 1 aliphatic heterocycles. The van der Waals surface area contributed by atoms with Gasteiger partial charge in [-0.2, -0.15) is 0 Å². The van der Waals surface area contributed by atoms with Crippen LogP contribution in [0.2, 0.25) is 5.02 Å². The predicted octanol–water partition coefficient (Wildman–Crippen LogP) is 3.63. The first-order valence-corrected chi connectivity index (χ1v) is 10.1. The number of hydrogen-bond donors (Lipinski definition) is 1. The Morgan fingerprint density at radius 3 is 3.04 bits per heavy atom. The summed E-state index contributed by atoms with van der Waals surface area (Å²) in [6.45, 7) is 3.16. The number of amides is 2. The van der Waals surface area contributed by atoms with E-state index in [0.29, 0.717) is 31.1 Å². The van der Waals surface area contributed by atoms with Crippen LogP contribution in [-0.4, -0.2) is 41.3 Å². The van der Waals surface area contributed by atoms with E-state index in [2.05, 4.69) is 10.3 Å². The number of thiazole rings is 1. The normalized spacial score (nSPS) is 17.0. The Kier molecular flexibility index (Phi) is 6.44. The van der Waals surface area contributed by atoms with Gasteiger partial charge in [-0.25, -0.2) is 9.37 Å². The van der Waals surface area contributed by atoms with Crippen LogP contribution in [0, 0.1) is 5.82 Å². The lowest BCUT2D eigenvalue weighted by molar-refractivity contribution is -0.118. The minimum atomic E-state index is -0.555. The number of nitrogens with zero attached hydrogens (tertiary/aromatic N) is 2. The van der Waals surface area contributed by atoms with Crippen molar-refractivity contribution in [2.45, 2.75) is 32.1 Å². The van der Waals surface area contributed by atoms with Crippen molar-refractivity contribution in [2.75, 3.05) is 19.6 Å². The van der Waals surface area contributed by atoms with Crippen LogP contribution in [-0.2, 0) is 11.2 Å². The molecule has 2 amide bonds. The molecule has 0 aliphatic carbocycles. The minimum Gasteiger partial charge on any atom is -0.356 e. The molecular formula is C19H21ClFN3O2S. The van der Waals surface area contributed by atoms with Gasteiger partial charge in [0, 0.05) is 49.3 Å². The van der Waals surface area contributed by atoms with Crippen molar-refractivity contribution in [3.05, 3.63) is 50.7 Å². The van der Waals surface area contributed by atoms with Crippen LogP contribution in [0.4, 0.5) is 4.39 Å². The summed E-state index contributed by atoms with van der Waals surface area (Å²) in [4.78, 5) is 30.0. The van der Waals surface area contributed by atoms with Gasteiger partial charge in [0.1, 0.15) is 5.82 Å². The molecule has 3 rings (SSSR count). The van der Waals surface area contributed by atoms with E-state index >= 15 is 0 Å². The minimum absolute atomic E-state index is 0.0123. The van der Waals surface area contributed by atoms with Crippen LogP contribution in [0.1, 0.15) is 46.7 Å². The lowest BCUT2D eigenvalue weighted by Gasteiger charge is -2.32. The highest BCUT2D eigenvalue weighted by molar-refractivity contribution is 7.09. The van der Waals surface area contributed by atoms with Gasteiger partial charge in [0.15, 0.2) is 0 Å². The van der Waals surface area contributed by atoms with Crippen molar-refractivity contribution in [3.63, 3.8) is 0 Å². The molecule has 1 unspecified atom stereocenters. The number of benzene rings is 1. The summed E-state index contributed by atoms with van der Waals surface area (Å²) in [5, 5.41) is 6.08. The zero-order chi connectivity index (χ0) is 19.4. The van der Waals surface area contributed by atoms with Crippen molar-refractivity contribution >= 4 is 34.8 Å². The largest absolute Gasteiger partial charge is 0.356 e. The quantitative estimate of drug-likeness (QED) is 0.820. The molecule has 1 fully saturated rings. The van der Waals surface area contributed by atoms with Gasteiger partial charge >= 0.3 is 0 Å². The third-order valence-electron chi connectivity index (χ3n) is 4.54. The summed E-state index contributed by atoms with van der Waals surface area (Å²) < 4.78 is 14.0. The van der Waals surface area contributed by atoms with Gasteiger partial charge in [-0.15, -0.1) is 11.3 Å². The van der Waals surface area contributed by atoms with Crippen LogP contribution >= 0.6 is 22.9 Å². The first-order valence-electron chi connectivity index (χ1n) is 8.87. The van der Waals surface area contributed by atoms with E-state index in [4.69, 9.17) is 11.6 Å². The average molecular weight is 410 g/mol. The van der Waals surface area contributed by atoms with Crippen LogP contribution in [0.15, 0.2) is 23.6 Å². The molecular weight excluding hydrogens is 389 g/mol. The molecule has 5 nitrogen and oxygen atoms in total. The smallest absolute Gasteiger partial charge is 0.256 e. The predicted molar refractivity (Wildman–Crippen MR) is 104 cm³/mol. The third kappa shape index (κ3) is 5.05. The number of halogens is 2. The van der Waals surface area contributed by atoms with E-state index in [0.717, 1.165) is 23.5 Å². The van der Waals surface area contributed by atoms with Crippen molar-refractivity contribution in [1.29, 1.82) is 0 Å². The number of hydrogen-bond acceptors (Lipinski definition) is 4. The topological polar surface area (TPSA) is 62.3 Å². The van der Waals surface area contributed by atoms with Crippen LogP contribution in [0.5, 0.6) is 0 Å². The summed E-state index contributed by atoms with van der Waals surface area (Å²) in [6.07, 6.45) is 2.47. The summed E-state index contributed by atoms with van der Waals surface area (Å²) in [6, 6.07) is 4.04. The Hall–Kier alpha value is -1.99. The van der Waals surface area contributed by atoms with Gasteiger partial charge in [-0.05, 0) is 31.0 Å². The maximum Gasteiger partial charge on any atom is 0.256 e. The molecule has 1 aromatic heterocycles. The zero-order valence-corrected chi connectivity index (χ0v) is 16.6. The van der Waals surface area contributed by atoms with E-state index in [9.17, 15) is 14.0 Å². The van der Waals surface area contributed by atoms with Gasteiger partial charge in [-0.3, -0.25) is 9.59 Å². The Labute approximate surface area is 166 Å². The number of rotatable bonds is 5. The molecule has 0 radical (unpaired) electrons. The summed E-state index contributed by atoms with van der Waals surface area (Å²) >= 11 is 7.49. The van der Waals surface area contributed by atoms with E-state index in [-0.39, 0.29) is 23.3 Å². The van der Waals surface area contributed by atoms with Gasteiger partial charge in [0.25, 0.3) is 5.91 Å². The fourth-order valence-electron chi connectivity index (χ4n) is 3.19. The zero-order valence-electron chi connectivity index (χ0n) is 15.0. The molecule has 1 atom stereocenters. The van der Waals surface area contributed by atoms with Gasteiger partial charge in [-0.1, -0.05) is 11.6 Å². The fraction of sp³-hybridized carbons (Fsp3) is 0.421. The molecule has 144 valence electrons. The van der Waals surface area contributed by atoms with E-state index in [1.165, 1.54) is 25.1 Å². The van der Waals surface area contributed by atoms with Gasteiger partial charge in [0.2, 0.25) is 5.91 Å². The van der Waals surface area contributed by atoms with Crippen molar-refractivity contribution in [1.82, 2.24) is 15.2 Å². The Morgan fingerprint density at radius 1 is 1.44 bits per heavy atom. The Balaban J connectivity index is 1.65. The summed E-state index contributed by atoms with van der Waals surface area (Å²) in [7, 11) is 0. The average Bonchev–Trinajstić information content (AvgIpc) is 3.12. The lowest BCUT2D eigenvalue weighted by Crippen LogP contribution is -2.39. The fourth-order valence-corrected chi connectivity index (χ4v) is 4.34. The van der Waals surface area contributed by atoms with Crippen molar-refractivity contribution < 1.29 is 14.0 Å². The first-order chi connectivity index (χ1) is 12.9. The second kappa shape index (κ2) is 8.80. The highest BCUT2D eigenvalue weighted by atomic mass is 35.5. The SMILES string of the molecule is CC(=O)NCCc1csc(C2CCCN(C(=O)c3cc(Cl)ccc3F)C2)n1. The maximum atomic E-state index is 14.0. The standard InChI is InChI=1S/C19H21ClFN3O2S/c1-12(25)22-7-6-15-11-27-18(23-15)13-3-2-8-24(10-13)19(26)16-9-14(20)4-5-17(16)21/h4-5,9,11,13H,2-3,6-8,10H2,1H3,(H,22,25). The number of likely N-dealkylation sites (tertiary alicyclic amines) is 1. The molecule has 0 bridgehead atoms. The van der Waals surface area contributed by atoms with Crippen molar-refractivity contribution in [2.24, 2.45) is 0 Å². The number of aromatic nitrogens is 1. The maximum absolute atomic E-state index is 14.0. The molecule has 2 aromatic rings. The monoisotopic (exact) mass is 409 g/mol. The first kappa shape index (κ1) is 19.8. The second-order valence-electron chi connectivity index (χ2n) is 6.62. The molecule has 27 heavy (non-hydrogen) atoms. The molecule has 1 aromatic carbocycles. The molecule has 0 saturated carbocycles.